The average molecular weight is 378 g/mol. The van der Waals surface area contributed by atoms with Gasteiger partial charge in [-0.3, -0.25) is 15.2 Å². The maximum atomic E-state index is 12.6. The lowest BCUT2D eigenvalue weighted by molar-refractivity contribution is -0.130. The number of para-hydroxylation sites is 1. The Labute approximate surface area is 162 Å². The fraction of sp³-hybridized carbons (Fsp3) is 0.667. The van der Waals surface area contributed by atoms with E-state index in [9.17, 15) is 9.90 Å². The van der Waals surface area contributed by atoms with Crippen molar-refractivity contribution in [3.8, 4) is 0 Å². The van der Waals surface area contributed by atoms with Crippen LogP contribution in [0.15, 0.2) is 30.3 Å². The summed E-state index contributed by atoms with van der Waals surface area (Å²) in [6, 6.07) is 9.03. The summed E-state index contributed by atoms with van der Waals surface area (Å²) in [4.78, 5) is 12.6. The first-order valence-electron chi connectivity index (χ1n) is 10.3. The third-order valence-corrected chi connectivity index (χ3v) is 5.36. The van der Waals surface area contributed by atoms with Crippen LogP contribution in [0.2, 0.25) is 0 Å². The van der Waals surface area contributed by atoms with E-state index >= 15 is 0 Å². The Morgan fingerprint density at radius 2 is 1.85 bits per heavy atom. The molecule has 0 heterocycles. The SMILES string of the molecule is N[C@H](CC1CCCCC1)C(O)C(=O)NN(CCCCCO)c1ccccc1. The molecule has 1 aliphatic rings. The van der Waals surface area contributed by atoms with Crippen molar-refractivity contribution in [1.29, 1.82) is 0 Å². The highest BCUT2D eigenvalue weighted by Crippen LogP contribution is 2.27. The molecule has 1 amide bonds. The van der Waals surface area contributed by atoms with Crippen molar-refractivity contribution in [3.05, 3.63) is 30.3 Å². The largest absolute Gasteiger partial charge is 0.396 e. The predicted octanol–water partition coefficient (Wildman–Crippen LogP) is 2.35. The fourth-order valence-electron chi connectivity index (χ4n) is 3.75. The number of anilines is 1. The Bertz CT molecular complexity index is 535. The molecule has 0 saturated heterocycles. The molecule has 152 valence electrons. The molecule has 1 aromatic rings. The fourth-order valence-corrected chi connectivity index (χ4v) is 3.75. The van der Waals surface area contributed by atoms with Crippen LogP contribution in [0.5, 0.6) is 0 Å². The molecular weight excluding hydrogens is 342 g/mol. The standard InChI is InChI=1S/C21H35N3O3/c22-19(16-17-10-4-1-5-11-17)20(26)21(27)23-24(14-8-3-9-15-25)18-12-6-2-7-13-18/h2,6-7,12-13,17,19-20,25-26H,1,3-5,8-11,14-16,22H2,(H,23,27)/t19-,20?/m1/s1. The van der Waals surface area contributed by atoms with Crippen molar-refractivity contribution < 1.29 is 15.0 Å². The quantitative estimate of drug-likeness (QED) is 0.350. The highest BCUT2D eigenvalue weighted by molar-refractivity contribution is 5.82. The Morgan fingerprint density at radius 3 is 2.52 bits per heavy atom. The van der Waals surface area contributed by atoms with Gasteiger partial charge in [0.2, 0.25) is 0 Å². The number of aliphatic hydroxyl groups is 2. The molecule has 0 bridgehead atoms. The second-order valence-corrected chi connectivity index (χ2v) is 7.60. The maximum absolute atomic E-state index is 12.6. The third-order valence-electron chi connectivity index (χ3n) is 5.36. The summed E-state index contributed by atoms with van der Waals surface area (Å²) in [5.74, 6) is 0.0595. The number of nitrogens with two attached hydrogens (primary N) is 1. The van der Waals surface area contributed by atoms with Gasteiger partial charge in [-0.2, -0.15) is 0 Å². The molecule has 0 spiro atoms. The summed E-state index contributed by atoms with van der Waals surface area (Å²) in [6.07, 6.45) is 7.92. The second kappa shape index (κ2) is 12.0. The summed E-state index contributed by atoms with van der Waals surface area (Å²) in [7, 11) is 0. The van der Waals surface area contributed by atoms with Gasteiger partial charge in [-0.1, -0.05) is 50.3 Å². The summed E-state index contributed by atoms with van der Waals surface area (Å²) < 4.78 is 0. The molecule has 6 heteroatoms. The summed E-state index contributed by atoms with van der Waals surface area (Å²) >= 11 is 0. The van der Waals surface area contributed by atoms with Gasteiger partial charge < -0.3 is 15.9 Å². The Balaban J connectivity index is 1.90. The minimum atomic E-state index is -1.21. The molecule has 1 unspecified atom stereocenters. The van der Waals surface area contributed by atoms with Crippen molar-refractivity contribution in [1.82, 2.24) is 5.43 Å². The summed E-state index contributed by atoms with van der Waals surface area (Å²) in [5, 5.41) is 21.1. The molecule has 0 aliphatic heterocycles. The zero-order valence-corrected chi connectivity index (χ0v) is 16.2. The third kappa shape index (κ3) is 7.48. The number of hydrogen-bond acceptors (Lipinski definition) is 5. The molecule has 2 rings (SSSR count). The normalized spacial score (nSPS) is 17.3. The highest BCUT2D eigenvalue weighted by atomic mass is 16.3. The van der Waals surface area contributed by atoms with Gasteiger partial charge in [0.15, 0.2) is 0 Å². The molecule has 1 saturated carbocycles. The van der Waals surface area contributed by atoms with Gasteiger partial charge >= 0.3 is 0 Å². The van der Waals surface area contributed by atoms with Crippen molar-refractivity contribution in [2.24, 2.45) is 11.7 Å². The van der Waals surface area contributed by atoms with Gasteiger partial charge in [-0.25, -0.2) is 0 Å². The highest BCUT2D eigenvalue weighted by Gasteiger charge is 2.27. The minimum absolute atomic E-state index is 0.173. The molecule has 1 aliphatic carbocycles. The average Bonchev–Trinajstić information content (AvgIpc) is 2.71. The van der Waals surface area contributed by atoms with Crippen LogP contribution < -0.4 is 16.2 Å². The zero-order valence-electron chi connectivity index (χ0n) is 16.2. The van der Waals surface area contributed by atoms with Crippen LogP contribution in [0.25, 0.3) is 0 Å². The van der Waals surface area contributed by atoms with E-state index < -0.39 is 18.1 Å². The number of unbranched alkanes of at least 4 members (excludes halogenated alkanes) is 2. The zero-order chi connectivity index (χ0) is 19.5. The van der Waals surface area contributed by atoms with Gasteiger partial charge in [0.1, 0.15) is 6.10 Å². The van der Waals surface area contributed by atoms with E-state index in [2.05, 4.69) is 5.43 Å². The number of aliphatic hydroxyl groups excluding tert-OH is 2. The first kappa shape index (κ1) is 21.7. The van der Waals surface area contributed by atoms with Gasteiger partial charge in [-0.15, -0.1) is 0 Å². The van der Waals surface area contributed by atoms with Crippen LogP contribution in [0.3, 0.4) is 0 Å². The number of rotatable bonds is 11. The molecule has 5 N–H and O–H groups in total. The van der Waals surface area contributed by atoms with Crippen LogP contribution in [-0.4, -0.2) is 41.4 Å². The van der Waals surface area contributed by atoms with E-state index in [4.69, 9.17) is 10.8 Å². The lowest BCUT2D eigenvalue weighted by Crippen LogP contribution is -2.53. The Morgan fingerprint density at radius 1 is 1.15 bits per heavy atom. The van der Waals surface area contributed by atoms with Crippen molar-refractivity contribution in [3.63, 3.8) is 0 Å². The molecular formula is C21H35N3O3. The van der Waals surface area contributed by atoms with Crippen LogP contribution in [-0.2, 0) is 4.79 Å². The lowest BCUT2D eigenvalue weighted by atomic mass is 9.84. The number of carbonyl (C=O) groups is 1. The summed E-state index contributed by atoms with van der Waals surface area (Å²) in [6.45, 7) is 0.784. The molecule has 1 fully saturated rings. The van der Waals surface area contributed by atoms with Gasteiger partial charge in [-0.05, 0) is 43.7 Å². The molecule has 27 heavy (non-hydrogen) atoms. The van der Waals surface area contributed by atoms with E-state index in [0.717, 1.165) is 37.8 Å². The smallest absolute Gasteiger partial charge is 0.268 e. The topological polar surface area (TPSA) is 98.8 Å². The first-order valence-corrected chi connectivity index (χ1v) is 10.3. The second-order valence-electron chi connectivity index (χ2n) is 7.60. The number of hydrazine groups is 1. The van der Waals surface area contributed by atoms with Crippen molar-refractivity contribution in [2.75, 3.05) is 18.2 Å². The van der Waals surface area contributed by atoms with Gasteiger partial charge in [0.05, 0.1) is 5.69 Å². The molecule has 1 aromatic carbocycles. The Kier molecular flexibility index (Phi) is 9.59. The minimum Gasteiger partial charge on any atom is -0.396 e. The number of nitrogens with zero attached hydrogens (tertiary/aromatic N) is 1. The van der Waals surface area contributed by atoms with E-state index in [1.807, 2.05) is 30.3 Å². The number of amides is 1. The van der Waals surface area contributed by atoms with E-state index in [0.29, 0.717) is 18.9 Å². The van der Waals surface area contributed by atoms with Crippen LogP contribution in [0.4, 0.5) is 5.69 Å². The molecule has 0 aromatic heterocycles. The van der Waals surface area contributed by atoms with E-state index in [1.54, 1.807) is 5.01 Å². The van der Waals surface area contributed by atoms with Crippen molar-refractivity contribution >= 4 is 11.6 Å². The van der Waals surface area contributed by atoms with Crippen LogP contribution >= 0.6 is 0 Å². The van der Waals surface area contributed by atoms with E-state index in [-0.39, 0.29) is 6.61 Å². The number of nitrogens with one attached hydrogen (secondary N) is 1. The van der Waals surface area contributed by atoms with Gasteiger partial charge in [0, 0.05) is 19.2 Å². The van der Waals surface area contributed by atoms with Crippen LogP contribution in [0, 0.1) is 5.92 Å². The maximum Gasteiger partial charge on any atom is 0.268 e. The van der Waals surface area contributed by atoms with Gasteiger partial charge in [0.25, 0.3) is 5.91 Å². The Hall–Kier alpha value is -1.63. The number of hydrogen-bond donors (Lipinski definition) is 4. The molecule has 0 radical (unpaired) electrons. The number of carbonyl (C=O) groups excluding carboxylic acids is 1. The predicted molar refractivity (Wildman–Crippen MR) is 108 cm³/mol. The molecule has 6 nitrogen and oxygen atoms in total. The lowest BCUT2D eigenvalue weighted by Gasteiger charge is -2.30. The summed E-state index contributed by atoms with van der Waals surface area (Å²) in [5.41, 5.74) is 9.84. The molecule has 2 atom stereocenters. The van der Waals surface area contributed by atoms with Crippen LogP contribution in [0.1, 0.15) is 57.8 Å². The monoisotopic (exact) mass is 377 g/mol. The van der Waals surface area contributed by atoms with E-state index in [1.165, 1.54) is 19.3 Å². The number of benzene rings is 1. The van der Waals surface area contributed by atoms with Crippen molar-refractivity contribution in [2.45, 2.75) is 69.9 Å². The first-order chi connectivity index (χ1) is 13.1.